The van der Waals surface area contributed by atoms with Gasteiger partial charge in [0.2, 0.25) is 0 Å². The number of alkyl halides is 5. The monoisotopic (exact) mass is 419 g/mol. The predicted octanol–water partition coefficient (Wildman–Crippen LogP) is 5.81. The Kier molecular flexibility index (Phi) is 4.80. The van der Waals surface area contributed by atoms with Gasteiger partial charge in [0.25, 0.3) is 6.43 Å². The topological polar surface area (TPSA) is 30.2 Å². The van der Waals surface area contributed by atoms with Crippen molar-refractivity contribution >= 4 is 17.0 Å². The lowest BCUT2D eigenvalue weighted by Gasteiger charge is -2.10. The van der Waals surface area contributed by atoms with Crippen LogP contribution in [0.2, 0.25) is 0 Å². The van der Waals surface area contributed by atoms with Crippen molar-refractivity contribution in [2.24, 2.45) is 0 Å². The molecule has 9 heteroatoms. The molecule has 0 atom stereocenters. The molecule has 0 amide bonds. The van der Waals surface area contributed by atoms with E-state index in [1.54, 1.807) is 0 Å². The summed E-state index contributed by atoms with van der Waals surface area (Å²) in [6, 6.07) is 8.94. The van der Waals surface area contributed by atoms with Gasteiger partial charge in [0.1, 0.15) is 6.33 Å². The maximum Gasteiger partial charge on any atom is 0.416 e. The van der Waals surface area contributed by atoms with E-state index >= 15 is 0 Å². The zero-order chi connectivity index (χ0) is 20.6. The summed E-state index contributed by atoms with van der Waals surface area (Å²) >= 11 is 1.42. The predicted molar refractivity (Wildman–Crippen MR) is 98.7 cm³/mol. The number of thiophene rings is 1. The number of hydrogen-bond donors (Lipinski definition) is 0. The number of hydrogen-bond acceptors (Lipinski definition) is 3. The minimum atomic E-state index is -4.49. The van der Waals surface area contributed by atoms with Gasteiger partial charge in [-0.2, -0.15) is 13.2 Å². The van der Waals surface area contributed by atoms with Gasteiger partial charge in [-0.3, -0.25) is 4.40 Å². The number of nitrogens with zero attached hydrogens (tertiary/aromatic N) is 3. The van der Waals surface area contributed by atoms with E-state index in [0.717, 1.165) is 27.5 Å². The zero-order valence-electron chi connectivity index (χ0n) is 14.4. The van der Waals surface area contributed by atoms with Gasteiger partial charge in [0.15, 0.2) is 11.3 Å². The Balaban J connectivity index is 1.83. The molecule has 4 rings (SSSR count). The van der Waals surface area contributed by atoms with E-state index in [-0.39, 0.29) is 28.3 Å². The lowest BCUT2D eigenvalue weighted by Crippen LogP contribution is -2.04. The van der Waals surface area contributed by atoms with Gasteiger partial charge in [0.05, 0.1) is 21.8 Å². The van der Waals surface area contributed by atoms with Crippen LogP contribution in [-0.4, -0.2) is 14.4 Å². The number of benzene rings is 1. The molecule has 1 aromatic carbocycles. The Labute approximate surface area is 165 Å². The van der Waals surface area contributed by atoms with E-state index in [9.17, 15) is 22.0 Å². The first-order valence-corrected chi connectivity index (χ1v) is 9.10. The average Bonchev–Trinajstić information content (AvgIpc) is 3.34. The molecule has 0 unspecified atom stereocenters. The fourth-order valence-corrected chi connectivity index (χ4v) is 3.27. The smallest absolute Gasteiger partial charge is 0.281 e. The Bertz CT molecular complexity index is 1210. The van der Waals surface area contributed by atoms with Gasteiger partial charge < -0.3 is 0 Å². The minimum absolute atomic E-state index is 0.112. The molecule has 0 spiro atoms. The second-order valence-electron chi connectivity index (χ2n) is 5.96. The molecule has 0 N–H and O–H groups in total. The lowest BCUT2D eigenvalue weighted by atomic mass is 10.1. The standard InChI is InChI=1S/C20H10F5N3S/c21-18(22)17-10-16(12-3-5-13(6-4-12)20(23,24)25)27-19-15(26-11-28(17)19)8-7-14-2-1-9-29-14/h1-6,9-11,18H. The molecule has 4 aromatic rings. The van der Waals surface area contributed by atoms with Crippen LogP contribution < -0.4 is 0 Å². The van der Waals surface area contributed by atoms with E-state index in [4.69, 9.17) is 0 Å². The zero-order valence-corrected chi connectivity index (χ0v) is 15.2. The van der Waals surface area contributed by atoms with Crippen molar-refractivity contribution in [2.75, 3.05) is 0 Å². The summed E-state index contributed by atoms with van der Waals surface area (Å²) in [5.74, 6) is 5.71. The highest BCUT2D eigenvalue weighted by molar-refractivity contribution is 7.10. The molecule has 29 heavy (non-hydrogen) atoms. The first kappa shape index (κ1) is 19.1. The molecule has 146 valence electrons. The van der Waals surface area contributed by atoms with Crippen LogP contribution in [0.15, 0.2) is 54.2 Å². The summed E-state index contributed by atoms with van der Waals surface area (Å²) in [6.45, 7) is 0. The van der Waals surface area contributed by atoms with Gasteiger partial charge in [-0.15, -0.1) is 11.3 Å². The molecule has 0 aliphatic carbocycles. The van der Waals surface area contributed by atoms with Gasteiger partial charge in [-0.25, -0.2) is 18.7 Å². The van der Waals surface area contributed by atoms with Crippen molar-refractivity contribution < 1.29 is 22.0 Å². The third-order valence-corrected chi connectivity index (χ3v) is 4.87. The van der Waals surface area contributed by atoms with Crippen LogP contribution in [0.1, 0.15) is 28.3 Å². The van der Waals surface area contributed by atoms with Crippen LogP contribution >= 0.6 is 11.3 Å². The van der Waals surface area contributed by atoms with Crippen LogP contribution in [0.25, 0.3) is 16.9 Å². The fourth-order valence-electron chi connectivity index (χ4n) is 2.70. The average molecular weight is 419 g/mol. The van der Waals surface area contributed by atoms with Gasteiger partial charge in [-0.1, -0.05) is 18.2 Å². The molecule has 3 heterocycles. The molecule has 3 aromatic heterocycles. The second kappa shape index (κ2) is 7.29. The molecule has 0 bridgehead atoms. The van der Waals surface area contributed by atoms with Crippen molar-refractivity contribution in [3.8, 4) is 23.1 Å². The van der Waals surface area contributed by atoms with E-state index in [2.05, 4.69) is 21.8 Å². The first-order chi connectivity index (χ1) is 13.8. The Morgan fingerprint density at radius 1 is 1.03 bits per heavy atom. The van der Waals surface area contributed by atoms with E-state index in [0.29, 0.717) is 0 Å². The molecule has 0 aliphatic heterocycles. The first-order valence-electron chi connectivity index (χ1n) is 8.22. The maximum absolute atomic E-state index is 13.6. The summed E-state index contributed by atoms with van der Waals surface area (Å²) in [6.07, 6.45) is -6.11. The van der Waals surface area contributed by atoms with Crippen LogP contribution in [0.3, 0.4) is 0 Å². The Morgan fingerprint density at radius 2 is 1.79 bits per heavy atom. The Hall–Kier alpha value is -3.25. The third kappa shape index (κ3) is 3.84. The highest BCUT2D eigenvalue weighted by atomic mass is 32.1. The summed E-state index contributed by atoms with van der Waals surface area (Å²) in [5.41, 5.74) is -0.498. The molecule has 0 aliphatic rings. The molecule has 3 nitrogen and oxygen atoms in total. The maximum atomic E-state index is 13.6. The van der Waals surface area contributed by atoms with E-state index in [1.807, 2.05) is 17.5 Å². The minimum Gasteiger partial charge on any atom is -0.281 e. The summed E-state index contributed by atoms with van der Waals surface area (Å²) in [5, 5.41) is 1.85. The third-order valence-electron chi connectivity index (χ3n) is 4.09. The van der Waals surface area contributed by atoms with Crippen molar-refractivity contribution in [3.63, 3.8) is 0 Å². The van der Waals surface area contributed by atoms with Crippen LogP contribution in [0, 0.1) is 11.8 Å². The Morgan fingerprint density at radius 3 is 2.41 bits per heavy atom. The van der Waals surface area contributed by atoms with Crippen LogP contribution in [0.4, 0.5) is 22.0 Å². The number of rotatable bonds is 2. The quantitative estimate of drug-likeness (QED) is 0.303. The van der Waals surface area contributed by atoms with Gasteiger partial charge in [-0.05, 0) is 41.5 Å². The summed E-state index contributed by atoms with van der Waals surface area (Å²) < 4.78 is 66.6. The highest BCUT2D eigenvalue weighted by Crippen LogP contribution is 2.32. The number of imidazole rings is 1. The molecule has 0 radical (unpaired) electrons. The molecular formula is C20H10F5N3S. The number of fused-ring (bicyclic) bond motifs is 1. The van der Waals surface area contributed by atoms with E-state index < -0.39 is 18.2 Å². The SMILES string of the molecule is FC(F)c1cc(-c2ccc(C(F)(F)F)cc2)nc2c(C#Cc3cccs3)ncn12. The highest BCUT2D eigenvalue weighted by Gasteiger charge is 2.30. The summed E-state index contributed by atoms with van der Waals surface area (Å²) in [4.78, 5) is 9.17. The van der Waals surface area contributed by atoms with Crippen LogP contribution in [-0.2, 0) is 6.18 Å². The van der Waals surface area contributed by atoms with Crippen molar-refractivity contribution in [1.29, 1.82) is 0 Å². The summed E-state index contributed by atoms with van der Waals surface area (Å²) in [7, 11) is 0. The van der Waals surface area contributed by atoms with E-state index in [1.165, 1.54) is 29.8 Å². The van der Waals surface area contributed by atoms with Gasteiger partial charge in [0, 0.05) is 5.56 Å². The largest absolute Gasteiger partial charge is 0.416 e. The van der Waals surface area contributed by atoms with Crippen molar-refractivity contribution in [3.05, 3.63) is 76.0 Å². The second-order valence-corrected chi connectivity index (χ2v) is 6.90. The normalized spacial score (nSPS) is 11.7. The van der Waals surface area contributed by atoms with Crippen molar-refractivity contribution in [1.82, 2.24) is 14.4 Å². The lowest BCUT2D eigenvalue weighted by molar-refractivity contribution is -0.137. The molecular weight excluding hydrogens is 409 g/mol. The van der Waals surface area contributed by atoms with Gasteiger partial charge >= 0.3 is 6.18 Å². The van der Waals surface area contributed by atoms with Crippen molar-refractivity contribution in [2.45, 2.75) is 12.6 Å². The molecule has 0 fully saturated rings. The molecule has 0 saturated heterocycles. The number of aromatic nitrogens is 3. The van der Waals surface area contributed by atoms with Crippen LogP contribution in [0.5, 0.6) is 0 Å². The fraction of sp³-hybridized carbons (Fsp3) is 0.100. The number of halogens is 5. The molecule has 0 saturated carbocycles.